The molecule has 0 radical (unpaired) electrons. The van der Waals surface area contributed by atoms with Crippen molar-refractivity contribution in [3.8, 4) is 0 Å². The first-order chi connectivity index (χ1) is 5.16. The van der Waals surface area contributed by atoms with E-state index in [0.29, 0.717) is 6.42 Å². The fourth-order valence-corrected chi connectivity index (χ4v) is 0.559. The van der Waals surface area contributed by atoms with Gasteiger partial charge in [0.25, 0.3) is 0 Å². The van der Waals surface area contributed by atoms with Gasteiger partial charge in [0.15, 0.2) is 0 Å². The Hall–Kier alpha value is -1.32. The van der Waals surface area contributed by atoms with E-state index in [1.165, 1.54) is 0 Å². The van der Waals surface area contributed by atoms with Gasteiger partial charge in [0, 0.05) is 12.8 Å². The van der Waals surface area contributed by atoms with Gasteiger partial charge in [0.2, 0.25) is 5.91 Å². The maximum atomic E-state index is 10.6. The quantitative estimate of drug-likeness (QED) is 0.461. The van der Waals surface area contributed by atoms with Gasteiger partial charge < -0.3 is 10.5 Å². The second-order valence-corrected chi connectivity index (χ2v) is 1.98. The third-order valence-corrected chi connectivity index (χ3v) is 1.02. The van der Waals surface area contributed by atoms with Crippen LogP contribution < -0.4 is 5.73 Å². The number of esters is 1. The third kappa shape index (κ3) is 6.57. The van der Waals surface area contributed by atoms with Gasteiger partial charge in [-0.2, -0.15) is 0 Å². The van der Waals surface area contributed by atoms with E-state index in [-0.39, 0.29) is 18.8 Å². The number of ether oxygens (including phenoxy) is 1. The van der Waals surface area contributed by atoms with E-state index in [1.54, 1.807) is 0 Å². The van der Waals surface area contributed by atoms with Crippen molar-refractivity contribution in [3.63, 3.8) is 0 Å². The highest BCUT2D eigenvalue weighted by atomic mass is 16.5. The monoisotopic (exact) mass is 157 g/mol. The molecule has 11 heavy (non-hydrogen) atoms. The lowest BCUT2D eigenvalue weighted by Crippen LogP contribution is -2.11. The Labute approximate surface area is 65.0 Å². The van der Waals surface area contributed by atoms with Crippen LogP contribution in [0.4, 0.5) is 0 Å². The summed E-state index contributed by atoms with van der Waals surface area (Å²) in [6.45, 7) is 3.21. The Bertz CT molecular complexity index is 165. The van der Waals surface area contributed by atoms with Gasteiger partial charge in [-0.15, -0.1) is 0 Å². The van der Waals surface area contributed by atoms with Crippen LogP contribution >= 0.6 is 0 Å². The zero-order valence-electron chi connectivity index (χ0n) is 6.21. The third-order valence-electron chi connectivity index (χ3n) is 1.02. The molecule has 0 saturated heterocycles. The minimum atomic E-state index is -0.406. The minimum Gasteiger partial charge on any atom is -0.435 e. The van der Waals surface area contributed by atoms with Crippen molar-refractivity contribution in [2.75, 3.05) is 0 Å². The van der Waals surface area contributed by atoms with Gasteiger partial charge in [-0.25, -0.2) is 0 Å². The fourth-order valence-electron chi connectivity index (χ4n) is 0.559. The molecule has 0 atom stereocenters. The molecular weight excluding hydrogens is 146 g/mol. The molecule has 0 aliphatic carbocycles. The molecule has 0 bridgehead atoms. The van der Waals surface area contributed by atoms with E-state index in [9.17, 15) is 9.59 Å². The molecule has 0 fully saturated rings. The van der Waals surface area contributed by atoms with Gasteiger partial charge in [-0.05, 0) is 6.42 Å². The zero-order chi connectivity index (χ0) is 8.69. The van der Waals surface area contributed by atoms with Crippen molar-refractivity contribution in [1.29, 1.82) is 0 Å². The van der Waals surface area contributed by atoms with Crippen LogP contribution in [0, 0.1) is 0 Å². The molecule has 1 amide bonds. The van der Waals surface area contributed by atoms with E-state index in [0.717, 1.165) is 6.26 Å². The smallest absolute Gasteiger partial charge is 0.310 e. The highest BCUT2D eigenvalue weighted by Gasteiger charge is 2.01. The predicted octanol–water partition coefficient (Wildman–Crippen LogP) is 0.329. The van der Waals surface area contributed by atoms with Crippen molar-refractivity contribution in [2.45, 2.75) is 19.3 Å². The number of carbonyl (C=O) groups excluding carboxylic acids is 2. The number of primary amides is 1. The number of hydrogen-bond donors (Lipinski definition) is 1. The lowest BCUT2D eigenvalue weighted by Gasteiger charge is -1.96. The van der Waals surface area contributed by atoms with Gasteiger partial charge in [0.05, 0.1) is 6.26 Å². The van der Waals surface area contributed by atoms with Crippen LogP contribution in [0.15, 0.2) is 12.8 Å². The summed E-state index contributed by atoms with van der Waals surface area (Å²) in [7, 11) is 0. The number of amides is 1. The van der Waals surface area contributed by atoms with Crippen molar-refractivity contribution in [3.05, 3.63) is 12.8 Å². The largest absolute Gasteiger partial charge is 0.435 e. The Kier molecular flexibility index (Phi) is 4.81. The molecule has 0 rings (SSSR count). The maximum absolute atomic E-state index is 10.6. The Morgan fingerprint density at radius 1 is 1.45 bits per heavy atom. The maximum Gasteiger partial charge on any atom is 0.310 e. The minimum absolute atomic E-state index is 0.203. The molecule has 0 aliphatic heterocycles. The summed E-state index contributed by atoms with van der Waals surface area (Å²) in [5.74, 6) is -0.794. The van der Waals surface area contributed by atoms with E-state index in [2.05, 4.69) is 11.3 Å². The molecule has 0 aromatic rings. The van der Waals surface area contributed by atoms with Crippen LogP contribution in [-0.4, -0.2) is 11.9 Å². The molecule has 0 aromatic heterocycles. The average molecular weight is 157 g/mol. The van der Waals surface area contributed by atoms with Crippen LogP contribution in [0.1, 0.15) is 19.3 Å². The predicted molar refractivity (Wildman–Crippen MR) is 39.3 cm³/mol. The molecule has 0 aliphatic rings. The van der Waals surface area contributed by atoms with Crippen LogP contribution in [-0.2, 0) is 14.3 Å². The molecular formula is C7H11NO3. The van der Waals surface area contributed by atoms with Crippen LogP contribution in [0.2, 0.25) is 0 Å². The summed E-state index contributed by atoms with van der Waals surface area (Å²) >= 11 is 0. The summed E-state index contributed by atoms with van der Waals surface area (Å²) in [5, 5.41) is 0. The molecule has 62 valence electrons. The first-order valence-electron chi connectivity index (χ1n) is 3.25. The van der Waals surface area contributed by atoms with E-state index in [4.69, 9.17) is 5.73 Å². The second-order valence-electron chi connectivity index (χ2n) is 1.98. The Balaban J connectivity index is 3.31. The van der Waals surface area contributed by atoms with E-state index >= 15 is 0 Å². The standard InChI is InChI=1S/C7H11NO3/c1-2-11-7(10)5-3-4-6(8)9/h2H,1,3-5H2,(H2,8,9). The molecule has 0 saturated carbocycles. The molecule has 0 heterocycles. The topological polar surface area (TPSA) is 69.4 Å². The fraction of sp³-hybridized carbons (Fsp3) is 0.429. The van der Waals surface area contributed by atoms with Crippen LogP contribution in [0.5, 0.6) is 0 Å². The number of hydrogen-bond acceptors (Lipinski definition) is 3. The molecule has 2 N–H and O–H groups in total. The Morgan fingerprint density at radius 3 is 2.55 bits per heavy atom. The van der Waals surface area contributed by atoms with Crippen molar-refractivity contribution in [1.82, 2.24) is 0 Å². The van der Waals surface area contributed by atoms with Crippen molar-refractivity contribution >= 4 is 11.9 Å². The second kappa shape index (κ2) is 5.46. The van der Waals surface area contributed by atoms with Crippen molar-refractivity contribution < 1.29 is 14.3 Å². The lowest BCUT2D eigenvalue weighted by molar-refractivity contribution is -0.138. The van der Waals surface area contributed by atoms with Crippen LogP contribution in [0.25, 0.3) is 0 Å². The number of carbonyl (C=O) groups is 2. The molecule has 4 heteroatoms. The Morgan fingerprint density at radius 2 is 2.09 bits per heavy atom. The highest BCUT2D eigenvalue weighted by molar-refractivity contribution is 5.75. The van der Waals surface area contributed by atoms with Gasteiger partial charge >= 0.3 is 5.97 Å². The SMILES string of the molecule is C=COC(=O)CCCC(N)=O. The number of rotatable bonds is 5. The van der Waals surface area contributed by atoms with Crippen LogP contribution in [0.3, 0.4) is 0 Å². The van der Waals surface area contributed by atoms with Crippen molar-refractivity contribution in [2.24, 2.45) is 5.73 Å². The van der Waals surface area contributed by atoms with Gasteiger partial charge in [-0.3, -0.25) is 9.59 Å². The van der Waals surface area contributed by atoms with Gasteiger partial charge in [-0.1, -0.05) is 6.58 Å². The summed E-state index contributed by atoms with van der Waals surface area (Å²) < 4.78 is 4.40. The summed E-state index contributed by atoms with van der Waals surface area (Å²) in [6.07, 6.45) is 1.91. The number of nitrogens with two attached hydrogens (primary N) is 1. The molecule has 0 unspecified atom stereocenters. The molecule has 0 spiro atoms. The average Bonchev–Trinajstić information content (AvgIpc) is 1.87. The summed E-state index contributed by atoms with van der Waals surface area (Å²) in [5.41, 5.74) is 4.84. The first-order valence-corrected chi connectivity index (χ1v) is 3.25. The van der Waals surface area contributed by atoms with Gasteiger partial charge in [0.1, 0.15) is 0 Å². The molecule has 0 aromatic carbocycles. The first kappa shape index (κ1) is 9.68. The normalized spacial score (nSPS) is 8.73. The van der Waals surface area contributed by atoms with E-state index < -0.39 is 5.91 Å². The summed E-state index contributed by atoms with van der Waals surface area (Å²) in [4.78, 5) is 20.8. The molecule has 4 nitrogen and oxygen atoms in total. The van der Waals surface area contributed by atoms with E-state index in [1.807, 2.05) is 0 Å². The lowest BCUT2D eigenvalue weighted by atomic mass is 10.2. The highest BCUT2D eigenvalue weighted by Crippen LogP contribution is 1.96. The summed E-state index contributed by atoms with van der Waals surface area (Å²) in [6, 6.07) is 0. The zero-order valence-corrected chi connectivity index (χ0v) is 6.21.